The Bertz CT molecular complexity index is 847. The summed E-state index contributed by atoms with van der Waals surface area (Å²) in [6, 6.07) is 11.2. The number of para-hydroxylation sites is 1. The summed E-state index contributed by atoms with van der Waals surface area (Å²) in [4.78, 5) is 12.5. The molecule has 0 unspecified atom stereocenters. The molecule has 23 heavy (non-hydrogen) atoms. The Morgan fingerprint density at radius 1 is 1.17 bits per heavy atom. The monoisotopic (exact) mass is 375 g/mol. The van der Waals surface area contributed by atoms with E-state index in [9.17, 15) is 15.0 Å². The molecule has 0 aliphatic heterocycles. The fourth-order valence-electron chi connectivity index (χ4n) is 2.02. The number of halogens is 1. The highest BCUT2D eigenvalue weighted by Gasteiger charge is 2.25. The van der Waals surface area contributed by atoms with Crippen LogP contribution in [0.3, 0.4) is 0 Å². The van der Waals surface area contributed by atoms with Crippen molar-refractivity contribution in [2.45, 2.75) is 0 Å². The van der Waals surface area contributed by atoms with Crippen molar-refractivity contribution in [1.29, 1.82) is 0 Å². The predicted molar refractivity (Wildman–Crippen MR) is 84.4 cm³/mol. The van der Waals surface area contributed by atoms with Crippen LogP contribution in [0.2, 0.25) is 0 Å². The maximum absolute atomic E-state index is 12.5. The second kappa shape index (κ2) is 6.13. The highest BCUT2D eigenvalue weighted by molar-refractivity contribution is 9.10. The van der Waals surface area contributed by atoms with Crippen molar-refractivity contribution in [3.63, 3.8) is 0 Å². The van der Waals surface area contributed by atoms with Gasteiger partial charge in [0.2, 0.25) is 0 Å². The topological polar surface area (TPSA) is 92.8 Å². The Balaban J connectivity index is 2.10. The van der Waals surface area contributed by atoms with Gasteiger partial charge in [-0.2, -0.15) is 0 Å². The van der Waals surface area contributed by atoms with E-state index in [4.69, 9.17) is 9.26 Å². The third-order valence-corrected chi connectivity index (χ3v) is 3.85. The van der Waals surface area contributed by atoms with Gasteiger partial charge in [0.1, 0.15) is 5.75 Å². The normalized spacial score (nSPS) is 10.5. The number of ether oxygens (including phenoxy) is 1. The summed E-state index contributed by atoms with van der Waals surface area (Å²) in [7, 11) is 0. The van der Waals surface area contributed by atoms with Gasteiger partial charge in [0.05, 0.1) is 16.2 Å². The quantitative estimate of drug-likeness (QED) is 0.411. The average Bonchev–Trinajstić information content (AvgIpc) is 3.07. The van der Waals surface area contributed by atoms with E-state index < -0.39 is 17.5 Å². The first kappa shape index (κ1) is 15.1. The number of rotatable bonds is 3. The molecule has 116 valence electrons. The molecule has 0 bridgehead atoms. The van der Waals surface area contributed by atoms with Gasteiger partial charge in [-0.05, 0) is 34.1 Å². The van der Waals surface area contributed by atoms with Crippen LogP contribution < -0.4 is 4.74 Å². The van der Waals surface area contributed by atoms with E-state index >= 15 is 0 Å². The molecular weight excluding hydrogens is 366 g/mol. The maximum Gasteiger partial charge on any atom is 0.345 e. The average molecular weight is 376 g/mol. The minimum atomic E-state index is -0.718. The zero-order chi connectivity index (χ0) is 16.4. The smallest absolute Gasteiger partial charge is 0.345 e. The van der Waals surface area contributed by atoms with E-state index in [0.29, 0.717) is 5.75 Å². The van der Waals surface area contributed by atoms with E-state index in [-0.39, 0.29) is 21.4 Å². The van der Waals surface area contributed by atoms with E-state index in [0.717, 1.165) is 0 Å². The van der Waals surface area contributed by atoms with Crippen molar-refractivity contribution in [3.8, 4) is 28.6 Å². The zero-order valence-electron chi connectivity index (χ0n) is 11.6. The molecule has 2 N–H and O–H groups in total. The molecule has 3 aromatic rings. The number of carbonyl (C=O) groups excluding carboxylic acids is 1. The summed E-state index contributed by atoms with van der Waals surface area (Å²) < 4.78 is 10.3. The number of esters is 1. The standard InChI is InChI=1S/C16H10BrNO5/c17-14-13(16(21)22-9-4-2-1-3-5-9)10(8-11(19)15(14)20)12-6-7-18-23-12/h1-8,19-20H. The molecule has 1 aromatic heterocycles. The largest absolute Gasteiger partial charge is 0.504 e. The summed E-state index contributed by atoms with van der Waals surface area (Å²) in [5.74, 6) is -0.987. The van der Waals surface area contributed by atoms with Crippen molar-refractivity contribution in [3.05, 3.63) is 58.7 Å². The van der Waals surface area contributed by atoms with Crippen LogP contribution in [0.25, 0.3) is 11.3 Å². The second-order valence-electron chi connectivity index (χ2n) is 4.56. The van der Waals surface area contributed by atoms with Crippen LogP contribution >= 0.6 is 15.9 Å². The van der Waals surface area contributed by atoms with Crippen molar-refractivity contribution in [1.82, 2.24) is 5.16 Å². The molecule has 0 radical (unpaired) electrons. The Morgan fingerprint density at radius 3 is 2.57 bits per heavy atom. The van der Waals surface area contributed by atoms with E-state index in [1.807, 2.05) is 0 Å². The van der Waals surface area contributed by atoms with Crippen LogP contribution in [0.5, 0.6) is 17.2 Å². The Hall–Kier alpha value is -2.80. The molecule has 6 nitrogen and oxygen atoms in total. The molecule has 1 heterocycles. The highest BCUT2D eigenvalue weighted by atomic mass is 79.9. The summed E-state index contributed by atoms with van der Waals surface area (Å²) in [5.41, 5.74) is 0.256. The summed E-state index contributed by atoms with van der Waals surface area (Å²) >= 11 is 3.11. The number of hydrogen-bond acceptors (Lipinski definition) is 6. The number of aromatic hydroxyl groups is 2. The van der Waals surface area contributed by atoms with Crippen LogP contribution in [0.1, 0.15) is 10.4 Å². The lowest BCUT2D eigenvalue weighted by molar-refractivity contribution is 0.0734. The predicted octanol–water partition coefficient (Wildman–Crippen LogP) is 3.73. The van der Waals surface area contributed by atoms with Gasteiger partial charge in [-0.25, -0.2) is 4.79 Å². The molecule has 0 fully saturated rings. The number of phenolic OH excluding ortho intramolecular Hbond substituents is 2. The van der Waals surface area contributed by atoms with Gasteiger partial charge in [0.25, 0.3) is 0 Å². The molecule has 0 saturated carbocycles. The molecule has 7 heteroatoms. The third-order valence-electron chi connectivity index (χ3n) is 3.08. The van der Waals surface area contributed by atoms with Gasteiger partial charge in [0, 0.05) is 11.6 Å². The van der Waals surface area contributed by atoms with Gasteiger partial charge >= 0.3 is 5.97 Å². The molecule has 0 saturated heterocycles. The summed E-state index contributed by atoms with van der Waals surface area (Å²) in [6.45, 7) is 0. The van der Waals surface area contributed by atoms with Gasteiger partial charge in [-0.1, -0.05) is 23.4 Å². The lowest BCUT2D eigenvalue weighted by Crippen LogP contribution is -2.11. The molecule has 0 spiro atoms. The lowest BCUT2D eigenvalue weighted by Gasteiger charge is -2.12. The fourth-order valence-corrected chi connectivity index (χ4v) is 2.60. The molecule has 0 amide bonds. The number of nitrogens with zero attached hydrogens (tertiary/aromatic N) is 1. The van der Waals surface area contributed by atoms with E-state index in [1.54, 1.807) is 30.3 Å². The van der Waals surface area contributed by atoms with Gasteiger partial charge < -0.3 is 19.5 Å². The van der Waals surface area contributed by atoms with Gasteiger partial charge in [-0.3, -0.25) is 0 Å². The van der Waals surface area contributed by atoms with Crippen molar-refractivity contribution in [2.24, 2.45) is 0 Å². The highest BCUT2D eigenvalue weighted by Crippen LogP contribution is 2.42. The second-order valence-corrected chi connectivity index (χ2v) is 5.35. The van der Waals surface area contributed by atoms with Crippen LogP contribution in [0.4, 0.5) is 0 Å². The molecule has 3 rings (SSSR count). The van der Waals surface area contributed by atoms with E-state index in [2.05, 4.69) is 21.1 Å². The Labute approximate surface area is 139 Å². The van der Waals surface area contributed by atoms with Gasteiger partial charge in [0.15, 0.2) is 17.3 Å². The summed E-state index contributed by atoms with van der Waals surface area (Å²) in [5, 5.41) is 23.2. The lowest BCUT2D eigenvalue weighted by atomic mass is 10.0. The number of carbonyl (C=O) groups is 1. The van der Waals surface area contributed by atoms with Crippen LogP contribution in [0.15, 0.2) is 57.7 Å². The molecule has 0 aliphatic carbocycles. The molecular formula is C16H10BrNO5. The first-order chi connectivity index (χ1) is 11.1. The number of hydrogen-bond donors (Lipinski definition) is 2. The SMILES string of the molecule is O=C(Oc1ccccc1)c1c(-c2ccno2)cc(O)c(O)c1Br. The van der Waals surface area contributed by atoms with Crippen molar-refractivity contribution < 1.29 is 24.3 Å². The summed E-state index contributed by atoms with van der Waals surface area (Å²) in [6.07, 6.45) is 1.40. The van der Waals surface area contributed by atoms with E-state index in [1.165, 1.54) is 18.3 Å². The molecule has 2 aromatic carbocycles. The minimum Gasteiger partial charge on any atom is -0.504 e. The zero-order valence-corrected chi connectivity index (χ0v) is 13.1. The van der Waals surface area contributed by atoms with Crippen molar-refractivity contribution >= 4 is 21.9 Å². The van der Waals surface area contributed by atoms with Crippen LogP contribution in [-0.2, 0) is 0 Å². The van der Waals surface area contributed by atoms with Gasteiger partial charge in [-0.15, -0.1) is 0 Å². The molecule has 0 aliphatic rings. The third kappa shape index (κ3) is 2.91. The number of aromatic nitrogens is 1. The number of phenols is 2. The minimum absolute atomic E-state index is 0.00447. The van der Waals surface area contributed by atoms with Crippen molar-refractivity contribution in [2.75, 3.05) is 0 Å². The molecule has 0 atom stereocenters. The number of benzene rings is 2. The Morgan fingerprint density at radius 2 is 1.91 bits per heavy atom. The first-order valence-corrected chi connectivity index (χ1v) is 7.30. The maximum atomic E-state index is 12.5. The van der Waals surface area contributed by atoms with Crippen LogP contribution in [0, 0.1) is 0 Å². The fraction of sp³-hybridized carbons (Fsp3) is 0. The Kier molecular flexibility index (Phi) is 4.03. The first-order valence-electron chi connectivity index (χ1n) is 6.50. The van der Waals surface area contributed by atoms with Crippen LogP contribution in [-0.4, -0.2) is 21.3 Å².